The predicted octanol–water partition coefficient (Wildman–Crippen LogP) is 6.91. The standard InChI is InChI=1S/C51H67N5O7S/c1-3-5-7-9-16-25-47(57)56-28-26-39(30-46(56)50(60)52-27-17-8-6-4-2)64(62,63)38-24-18-23-37(29-38)51(61)55-33-42(48(58)53-44-31-40(44)35-19-12-10-13-20-35)43(34-55)49(59)54-45-32-41(45)36-21-14-11-15-22-36/h10-15,18-24,29,39-46H,3-9,16-17,25-28,30-34H2,1-2H3,(H,52,60)(H,53,58)(H,54,59)/t39?,40-,41-,42-,43-,44+,45+,46+/m1/s1. The summed E-state index contributed by atoms with van der Waals surface area (Å²) in [7, 11) is -4.05. The van der Waals surface area contributed by atoms with E-state index >= 15 is 0 Å². The zero-order valence-corrected chi connectivity index (χ0v) is 38.4. The predicted molar refractivity (Wildman–Crippen MR) is 247 cm³/mol. The van der Waals surface area contributed by atoms with Crippen LogP contribution in [0.1, 0.15) is 137 Å². The van der Waals surface area contributed by atoms with Crippen molar-refractivity contribution >= 4 is 39.4 Å². The molecule has 2 saturated carbocycles. The van der Waals surface area contributed by atoms with Gasteiger partial charge in [0.2, 0.25) is 23.6 Å². The number of likely N-dealkylation sites (tertiary alicyclic amines) is 2. The molecule has 3 aromatic rings. The van der Waals surface area contributed by atoms with Crippen LogP contribution in [0.25, 0.3) is 0 Å². The summed E-state index contributed by atoms with van der Waals surface area (Å²) in [5, 5.41) is 8.37. The number of hydrogen-bond donors (Lipinski definition) is 3. The first-order valence-corrected chi connectivity index (χ1v) is 25.5. The van der Waals surface area contributed by atoms with Crippen LogP contribution in [0.15, 0.2) is 89.8 Å². The minimum atomic E-state index is -4.05. The monoisotopic (exact) mass is 893 g/mol. The molecule has 12 nitrogen and oxygen atoms in total. The zero-order valence-electron chi connectivity index (χ0n) is 37.6. The molecule has 4 fully saturated rings. The molecule has 64 heavy (non-hydrogen) atoms. The highest BCUT2D eigenvalue weighted by Crippen LogP contribution is 2.43. The zero-order chi connectivity index (χ0) is 45.2. The normalized spacial score (nSPS) is 25.0. The van der Waals surface area contributed by atoms with Crippen molar-refractivity contribution < 1.29 is 32.4 Å². The number of carbonyl (C=O) groups excluding carboxylic acids is 5. The molecule has 8 atom stereocenters. The van der Waals surface area contributed by atoms with Crippen molar-refractivity contribution in [1.29, 1.82) is 0 Å². The lowest BCUT2D eigenvalue weighted by Crippen LogP contribution is -2.55. The van der Waals surface area contributed by atoms with Crippen LogP contribution in [0.3, 0.4) is 0 Å². The van der Waals surface area contributed by atoms with Crippen LogP contribution in [-0.4, -0.2) is 97.3 Å². The van der Waals surface area contributed by atoms with Gasteiger partial charge in [-0.1, -0.05) is 126 Å². The number of nitrogens with zero attached hydrogens (tertiary/aromatic N) is 2. The Balaban J connectivity index is 1.04. The molecule has 2 heterocycles. The molecule has 13 heteroatoms. The molecule has 7 rings (SSSR count). The quantitative estimate of drug-likeness (QED) is 0.0980. The summed E-state index contributed by atoms with van der Waals surface area (Å²) in [4.78, 5) is 72.6. The average Bonchev–Trinajstić information content (AvgIpc) is 4.23. The van der Waals surface area contributed by atoms with Gasteiger partial charge in [-0.05, 0) is 67.9 Å². The molecular formula is C51H67N5O7S. The summed E-state index contributed by atoms with van der Waals surface area (Å²) in [6.07, 6.45) is 10.8. The fraction of sp³-hybridized carbons (Fsp3) is 0.549. The van der Waals surface area contributed by atoms with E-state index in [0.29, 0.717) is 13.0 Å². The van der Waals surface area contributed by atoms with Crippen molar-refractivity contribution in [1.82, 2.24) is 25.8 Å². The Labute approximate surface area is 379 Å². The maximum atomic E-state index is 14.4. The van der Waals surface area contributed by atoms with Gasteiger partial charge >= 0.3 is 0 Å². The lowest BCUT2D eigenvalue weighted by atomic mass is 9.94. The van der Waals surface area contributed by atoms with Gasteiger partial charge in [-0.2, -0.15) is 0 Å². The second-order valence-electron chi connectivity index (χ2n) is 18.5. The molecule has 2 aliphatic carbocycles. The summed E-state index contributed by atoms with van der Waals surface area (Å²) in [5.74, 6) is -2.68. The third-order valence-corrected chi connectivity index (χ3v) is 16.0. The fourth-order valence-corrected chi connectivity index (χ4v) is 11.6. The molecule has 3 N–H and O–H groups in total. The first-order chi connectivity index (χ1) is 31.0. The number of benzene rings is 3. The van der Waals surface area contributed by atoms with Gasteiger partial charge in [-0.3, -0.25) is 24.0 Å². The van der Waals surface area contributed by atoms with Crippen molar-refractivity contribution in [2.24, 2.45) is 11.8 Å². The number of carbonyl (C=O) groups is 5. The maximum absolute atomic E-state index is 14.4. The molecule has 1 unspecified atom stereocenters. The smallest absolute Gasteiger partial charge is 0.253 e. The van der Waals surface area contributed by atoms with Crippen molar-refractivity contribution in [3.05, 3.63) is 102 Å². The van der Waals surface area contributed by atoms with Crippen LogP contribution in [0.2, 0.25) is 0 Å². The molecule has 344 valence electrons. The fourth-order valence-electron chi connectivity index (χ4n) is 9.77. The Morgan fingerprint density at radius 3 is 1.78 bits per heavy atom. The largest absolute Gasteiger partial charge is 0.354 e. The van der Waals surface area contributed by atoms with Gasteiger partial charge in [0.15, 0.2) is 9.84 Å². The number of piperidine rings is 1. The van der Waals surface area contributed by atoms with Gasteiger partial charge < -0.3 is 25.8 Å². The van der Waals surface area contributed by atoms with Gasteiger partial charge in [0.05, 0.1) is 22.0 Å². The first kappa shape index (κ1) is 46.9. The Bertz CT molecular complexity index is 2130. The van der Waals surface area contributed by atoms with E-state index in [-0.39, 0.29) is 90.5 Å². The van der Waals surface area contributed by atoms with Crippen LogP contribution in [0.4, 0.5) is 0 Å². The number of sulfone groups is 1. The van der Waals surface area contributed by atoms with Crippen molar-refractivity contribution in [3.63, 3.8) is 0 Å². The molecule has 3 aromatic carbocycles. The van der Waals surface area contributed by atoms with E-state index in [1.54, 1.807) is 11.0 Å². The summed E-state index contributed by atoms with van der Waals surface area (Å²) < 4.78 is 28.8. The van der Waals surface area contributed by atoms with Crippen LogP contribution in [0.5, 0.6) is 0 Å². The Morgan fingerprint density at radius 1 is 0.641 bits per heavy atom. The Kier molecular flexibility index (Phi) is 16.0. The molecule has 0 bridgehead atoms. The third-order valence-electron chi connectivity index (χ3n) is 13.8. The summed E-state index contributed by atoms with van der Waals surface area (Å²) in [5.41, 5.74) is 2.42. The maximum Gasteiger partial charge on any atom is 0.253 e. The SMILES string of the molecule is CCCCCCCC(=O)N1CCC(S(=O)(=O)c2cccc(C(=O)N3C[C@@H](C(=O)N[C@H]4C[C@@H]4c4ccccc4)[C@H](C(=O)N[C@H]4C[C@@H]4c4ccccc4)C3)c2)C[C@H]1C(=O)NCCCCCC. The van der Waals surface area contributed by atoms with E-state index < -0.39 is 38.9 Å². The van der Waals surface area contributed by atoms with Crippen molar-refractivity contribution in [2.45, 2.75) is 144 Å². The number of nitrogens with one attached hydrogen (secondary N) is 3. The van der Waals surface area contributed by atoms with Crippen LogP contribution >= 0.6 is 0 Å². The topological polar surface area (TPSA) is 162 Å². The van der Waals surface area contributed by atoms with E-state index in [1.807, 2.05) is 60.7 Å². The van der Waals surface area contributed by atoms with Crippen LogP contribution in [0, 0.1) is 11.8 Å². The lowest BCUT2D eigenvalue weighted by molar-refractivity contribution is -0.142. The number of hydrogen-bond acceptors (Lipinski definition) is 7. The van der Waals surface area contributed by atoms with Crippen LogP contribution in [-0.2, 0) is 29.0 Å². The van der Waals surface area contributed by atoms with Gasteiger partial charge in [-0.15, -0.1) is 0 Å². The van der Waals surface area contributed by atoms with E-state index in [0.717, 1.165) is 81.8 Å². The van der Waals surface area contributed by atoms with Crippen molar-refractivity contribution in [2.75, 3.05) is 26.2 Å². The lowest BCUT2D eigenvalue weighted by Gasteiger charge is -2.38. The summed E-state index contributed by atoms with van der Waals surface area (Å²) in [6.45, 7) is 4.87. The molecule has 0 spiro atoms. The van der Waals surface area contributed by atoms with E-state index in [4.69, 9.17) is 0 Å². The molecule has 0 aromatic heterocycles. The minimum absolute atomic E-state index is 0.00949. The number of unbranched alkanes of at least 4 members (excludes halogenated alkanes) is 7. The van der Waals surface area contributed by atoms with Crippen molar-refractivity contribution in [3.8, 4) is 0 Å². The highest BCUT2D eigenvalue weighted by Gasteiger charge is 2.49. The first-order valence-electron chi connectivity index (χ1n) is 23.9. The highest BCUT2D eigenvalue weighted by atomic mass is 32.2. The van der Waals surface area contributed by atoms with Gasteiger partial charge in [0.25, 0.3) is 5.91 Å². The molecule has 0 radical (unpaired) electrons. The van der Waals surface area contributed by atoms with E-state index in [9.17, 15) is 32.4 Å². The number of rotatable bonds is 21. The van der Waals surface area contributed by atoms with E-state index in [1.165, 1.54) is 23.1 Å². The second-order valence-corrected chi connectivity index (χ2v) is 20.7. The van der Waals surface area contributed by atoms with Crippen LogP contribution < -0.4 is 16.0 Å². The molecule has 4 aliphatic rings. The minimum Gasteiger partial charge on any atom is -0.354 e. The van der Waals surface area contributed by atoms with Gasteiger partial charge in [0, 0.05) is 62.1 Å². The molecule has 5 amide bonds. The van der Waals surface area contributed by atoms with Gasteiger partial charge in [-0.25, -0.2) is 8.42 Å². The third kappa shape index (κ3) is 11.6. The molecule has 2 saturated heterocycles. The Hall–Kier alpha value is -5.04. The second kappa shape index (κ2) is 21.8. The summed E-state index contributed by atoms with van der Waals surface area (Å²) in [6, 6.07) is 24.9. The molecular weight excluding hydrogens is 827 g/mol. The molecule has 2 aliphatic heterocycles. The highest BCUT2D eigenvalue weighted by molar-refractivity contribution is 7.92. The number of amides is 5. The average molecular weight is 894 g/mol. The van der Waals surface area contributed by atoms with Gasteiger partial charge in [0.1, 0.15) is 6.04 Å². The summed E-state index contributed by atoms with van der Waals surface area (Å²) >= 11 is 0. The van der Waals surface area contributed by atoms with E-state index in [2.05, 4.69) is 29.8 Å². The Morgan fingerprint density at radius 2 is 1.20 bits per heavy atom.